The Balaban J connectivity index is 2.86. The summed E-state index contributed by atoms with van der Waals surface area (Å²) in [6.45, 7) is 3.34. The van der Waals surface area contributed by atoms with Gasteiger partial charge in [-0.2, -0.15) is 0 Å². The van der Waals surface area contributed by atoms with Crippen molar-refractivity contribution >= 4 is 33.3 Å². The fraction of sp³-hybridized carbons (Fsp3) is 0.364. The number of hydrogen-bond donors (Lipinski definition) is 2. The molecule has 0 fully saturated rings. The Hall–Kier alpha value is -1.63. The molecule has 6 nitrogen and oxygen atoms in total. The molecule has 0 heterocycles. The number of rotatable bonds is 5. The molecule has 98 valence electrons. The quantitative estimate of drug-likeness (QED) is 0.643. The molecule has 0 aliphatic rings. The zero-order valence-corrected chi connectivity index (χ0v) is 11.5. The van der Waals surface area contributed by atoms with Gasteiger partial charge in [-0.3, -0.25) is 14.9 Å². The Kier molecular flexibility index (Phi) is 4.66. The number of halogens is 1. The van der Waals surface area contributed by atoms with Gasteiger partial charge in [0, 0.05) is 28.3 Å². The van der Waals surface area contributed by atoms with Gasteiger partial charge in [-0.1, -0.05) is 0 Å². The molecule has 2 unspecified atom stereocenters. The zero-order valence-electron chi connectivity index (χ0n) is 9.88. The number of nitro benzene ring substituents is 1. The van der Waals surface area contributed by atoms with Gasteiger partial charge in [0.15, 0.2) is 0 Å². The minimum Gasteiger partial charge on any atom is -0.481 e. The lowest BCUT2D eigenvalue weighted by Gasteiger charge is -2.19. The van der Waals surface area contributed by atoms with E-state index in [2.05, 4.69) is 21.2 Å². The third-order valence-corrected chi connectivity index (χ3v) is 3.34. The molecule has 0 bridgehead atoms. The highest BCUT2D eigenvalue weighted by molar-refractivity contribution is 9.10. The largest absolute Gasteiger partial charge is 0.481 e. The van der Waals surface area contributed by atoms with Crippen molar-refractivity contribution in [2.24, 2.45) is 5.92 Å². The maximum absolute atomic E-state index is 10.8. The summed E-state index contributed by atoms with van der Waals surface area (Å²) in [5.41, 5.74) is 0.604. The first-order chi connectivity index (χ1) is 8.32. The molecule has 0 saturated heterocycles. The summed E-state index contributed by atoms with van der Waals surface area (Å²) in [5.74, 6) is -1.46. The molecular weight excluding hydrogens is 304 g/mol. The van der Waals surface area contributed by atoms with E-state index >= 15 is 0 Å². The number of benzene rings is 1. The Bertz CT molecular complexity index is 478. The van der Waals surface area contributed by atoms with Gasteiger partial charge in [-0.15, -0.1) is 0 Å². The lowest BCUT2D eigenvalue weighted by molar-refractivity contribution is -0.384. The van der Waals surface area contributed by atoms with E-state index in [1.165, 1.54) is 12.1 Å². The smallest absolute Gasteiger partial charge is 0.308 e. The first-order valence-electron chi connectivity index (χ1n) is 5.26. The SMILES string of the molecule is CC(Nc1ccc([N+](=O)[O-])cc1Br)C(C)C(=O)O. The Morgan fingerprint density at radius 1 is 1.50 bits per heavy atom. The van der Waals surface area contributed by atoms with Crippen LogP contribution in [0, 0.1) is 16.0 Å². The van der Waals surface area contributed by atoms with E-state index in [9.17, 15) is 14.9 Å². The second-order valence-electron chi connectivity index (χ2n) is 3.98. The summed E-state index contributed by atoms with van der Waals surface area (Å²) in [5, 5.41) is 22.5. The molecule has 1 aromatic rings. The van der Waals surface area contributed by atoms with Gasteiger partial charge in [-0.25, -0.2) is 0 Å². The Morgan fingerprint density at radius 2 is 2.11 bits per heavy atom. The van der Waals surface area contributed by atoms with Crippen LogP contribution in [0.1, 0.15) is 13.8 Å². The van der Waals surface area contributed by atoms with E-state index in [1.54, 1.807) is 19.9 Å². The molecular formula is C11H13BrN2O4. The summed E-state index contributed by atoms with van der Waals surface area (Å²) in [6.07, 6.45) is 0. The van der Waals surface area contributed by atoms with E-state index in [1.807, 2.05) is 0 Å². The number of nitrogens with zero attached hydrogens (tertiary/aromatic N) is 1. The van der Waals surface area contributed by atoms with E-state index in [0.29, 0.717) is 10.2 Å². The van der Waals surface area contributed by atoms with Crippen molar-refractivity contribution in [1.29, 1.82) is 0 Å². The molecule has 18 heavy (non-hydrogen) atoms. The Morgan fingerprint density at radius 3 is 2.56 bits per heavy atom. The first kappa shape index (κ1) is 14.4. The molecule has 2 atom stereocenters. The molecule has 0 aliphatic carbocycles. The van der Waals surface area contributed by atoms with Crippen LogP contribution in [0.15, 0.2) is 22.7 Å². The monoisotopic (exact) mass is 316 g/mol. The molecule has 7 heteroatoms. The summed E-state index contributed by atoms with van der Waals surface area (Å²) < 4.78 is 0.529. The van der Waals surface area contributed by atoms with Gasteiger partial charge >= 0.3 is 5.97 Å². The van der Waals surface area contributed by atoms with Crippen molar-refractivity contribution in [1.82, 2.24) is 0 Å². The van der Waals surface area contributed by atoms with E-state index in [0.717, 1.165) is 0 Å². The second kappa shape index (κ2) is 5.81. The van der Waals surface area contributed by atoms with Gasteiger partial charge in [0.2, 0.25) is 0 Å². The van der Waals surface area contributed by atoms with Crippen molar-refractivity contribution < 1.29 is 14.8 Å². The lowest BCUT2D eigenvalue weighted by atomic mass is 10.0. The van der Waals surface area contributed by atoms with Crippen molar-refractivity contribution in [2.75, 3.05) is 5.32 Å². The molecule has 0 aliphatic heterocycles. The molecule has 1 aromatic carbocycles. The van der Waals surface area contributed by atoms with Crippen LogP contribution < -0.4 is 5.32 Å². The summed E-state index contributed by atoms with van der Waals surface area (Å²) in [6, 6.07) is 4.00. The number of non-ortho nitro benzene ring substituents is 1. The maximum atomic E-state index is 10.8. The molecule has 2 N–H and O–H groups in total. The molecule has 0 saturated carbocycles. The van der Waals surface area contributed by atoms with Crippen LogP contribution in [-0.4, -0.2) is 22.0 Å². The molecule has 0 radical (unpaired) electrons. The van der Waals surface area contributed by atoms with E-state index in [-0.39, 0.29) is 11.7 Å². The fourth-order valence-electron chi connectivity index (χ4n) is 1.32. The van der Waals surface area contributed by atoms with Gasteiger partial charge in [0.25, 0.3) is 5.69 Å². The minimum atomic E-state index is -0.895. The molecule has 0 amide bonds. The maximum Gasteiger partial charge on any atom is 0.308 e. The number of nitrogens with one attached hydrogen (secondary N) is 1. The topological polar surface area (TPSA) is 92.5 Å². The predicted octanol–water partition coefficient (Wildman–Crippen LogP) is 2.88. The average molecular weight is 317 g/mol. The number of carbonyl (C=O) groups is 1. The van der Waals surface area contributed by atoms with Gasteiger partial charge in [0.1, 0.15) is 0 Å². The van der Waals surface area contributed by atoms with E-state index in [4.69, 9.17) is 5.11 Å². The highest BCUT2D eigenvalue weighted by atomic mass is 79.9. The van der Waals surface area contributed by atoms with Crippen LogP contribution >= 0.6 is 15.9 Å². The van der Waals surface area contributed by atoms with Crippen LogP contribution in [0.2, 0.25) is 0 Å². The minimum absolute atomic E-state index is 0.0219. The van der Waals surface area contributed by atoms with Gasteiger partial charge in [-0.05, 0) is 35.8 Å². The number of aliphatic carboxylic acids is 1. The van der Waals surface area contributed by atoms with Crippen LogP contribution in [0.5, 0.6) is 0 Å². The third kappa shape index (κ3) is 3.43. The highest BCUT2D eigenvalue weighted by Crippen LogP contribution is 2.28. The van der Waals surface area contributed by atoms with Crippen LogP contribution in [0.3, 0.4) is 0 Å². The van der Waals surface area contributed by atoms with Gasteiger partial charge < -0.3 is 10.4 Å². The standard InChI is InChI=1S/C11H13BrN2O4/c1-6(11(15)16)7(2)13-10-4-3-8(14(17)18)5-9(10)12/h3-7,13H,1-2H3,(H,15,16). The zero-order chi connectivity index (χ0) is 13.9. The lowest BCUT2D eigenvalue weighted by Crippen LogP contribution is -2.29. The van der Waals surface area contributed by atoms with Crippen molar-refractivity contribution in [3.05, 3.63) is 32.8 Å². The van der Waals surface area contributed by atoms with Crippen LogP contribution in [-0.2, 0) is 4.79 Å². The molecule has 1 rings (SSSR count). The van der Waals surface area contributed by atoms with Crippen LogP contribution in [0.4, 0.5) is 11.4 Å². The summed E-state index contributed by atoms with van der Waals surface area (Å²) in [7, 11) is 0. The van der Waals surface area contributed by atoms with Crippen LogP contribution in [0.25, 0.3) is 0 Å². The molecule has 0 aromatic heterocycles. The van der Waals surface area contributed by atoms with Gasteiger partial charge in [0.05, 0.1) is 10.8 Å². The predicted molar refractivity (Wildman–Crippen MR) is 70.7 cm³/mol. The number of nitro groups is 1. The number of carboxylic acid groups (broad SMARTS) is 1. The number of anilines is 1. The van der Waals surface area contributed by atoms with E-state index < -0.39 is 16.8 Å². The number of carboxylic acids is 1. The second-order valence-corrected chi connectivity index (χ2v) is 4.84. The molecule has 0 spiro atoms. The Labute approximate surface area is 112 Å². The number of hydrogen-bond acceptors (Lipinski definition) is 4. The third-order valence-electron chi connectivity index (χ3n) is 2.69. The average Bonchev–Trinajstić information content (AvgIpc) is 2.30. The first-order valence-corrected chi connectivity index (χ1v) is 6.05. The highest BCUT2D eigenvalue weighted by Gasteiger charge is 2.20. The van der Waals surface area contributed by atoms with Crippen molar-refractivity contribution in [3.8, 4) is 0 Å². The summed E-state index contributed by atoms with van der Waals surface area (Å²) >= 11 is 3.22. The summed E-state index contributed by atoms with van der Waals surface area (Å²) in [4.78, 5) is 20.9. The normalized spacial score (nSPS) is 13.7. The fourth-order valence-corrected chi connectivity index (χ4v) is 1.80. The van der Waals surface area contributed by atoms with Crippen molar-refractivity contribution in [2.45, 2.75) is 19.9 Å². The van der Waals surface area contributed by atoms with Crippen molar-refractivity contribution in [3.63, 3.8) is 0 Å².